The van der Waals surface area contributed by atoms with Crippen LogP contribution in [-0.2, 0) is 25.7 Å². The lowest BCUT2D eigenvalue weighted by Gasteiger charge is -2.20. The first-order valence-corrected chi connectivity index (χ1v) is 14.9. The summed E-state index contributed by atoms with van der Waals surface area (Å²) in [7, 11) is 0. The van der Waals surface area contributed by atoms with Crippen LogP contribution in [0.2, 0.25) is 0 Å². The molecular weight excluding hydrogens is 592 g/mol. The number of H-pyrrole nitrogens is 2. The topological polar surface area (TPSA) is 199 Å². The zero-order valence-electron chi connectivity index (χ0n) is 26.2. The fraction of sp³-hybridized carbons (Fsp3) is 0.324. The van der Waals surface area contributed by atoms with Crippen LogP contribution in [0.5, 0.6) is 0 Å². The van der Waals surface area contributed by atoms with Crippen LogP contribution in [0.15, 0.2) is 24.8 Å². The summed E-state index contributed by atoms with van der Waals surface area (Å²) in [4.78, 5) is 57.9. The average molecular weight is 629 g/mol. The molecule has 5 heterocycles. The second-order valence-electron chi connectivity index (χ2n) is 11.7. The number of fused-ring (bicyclic) bond motifs is 8. The van der Waals surface area contributed by atoms with Gasteiger partial charge < -0.3 is 25.3 Å². The summed E-state index contributed by atoms with van der Waals surface area (Å²) in [6.07, 6.45) is 0.144. The molecule has 2 aliphatic rings. The summed E-state index contributed by atoms with van der Waals surface area (Å²) in [5, 5.41) is 40.0. The van der Waals surface area contributed by atoms with Crippen LogP contribution in [0.4, 0.5) is 0 Å². The van der Waals surface area contributed by atoms with Crippen LogP contribution in [0.1, 0.15) is 102 Å². The summed E-state index contributed by atoms with van der Waals surface area (Å²) in [5.41, 5.74) is 7.18. The van der Waals surface area contributed by atoms with E-state index in [0.29, 0.717) is 23.1 Å². The monoisotopic (exact) mass is 628 g/mol. The summed E-state index contributed by atoms with van der Waals surface area (Å²) in [6.45, 7) is 13.4. The number of nitrogens with one attached hydrogen (secondary N) is 2. The van der Waals surface area contributed by atoms with E-state index in [4.69, 9.17) is 4.98 Å². The summed E-state index contributed by atoms with van der Waals surface area (Å²) >= 11 is 0. The number of aromatic nitrogens is 4. The van der Waals surface area contributed by atoms with Gasteiger partial charge in [-0.3, -0.25) is 15.0 Å². The summed E-state index contributed by atoms with van der Waals surface area (Å²) in [5.74, 6) is -5.12. The number of aliphatic carboxylic acids is 3. The molecule has 1 unspecified atom stereocenters. The number of carboxylic acid groups (broad SMARTS) is 3. The number of carboxylic acids is 3. The van der Waals surface area contributed by atoms with Gasteiger partial charge in [0.1, 0.15) is 0 Å². The third kappa shape index (κ3) is 5.39. The SMILES string of the molecule is C=Cc1c(C)c2cc3nc(c(C(OO)C(=O)O)c4nc(cc5[nH]c(cc1[nH]2)c(C)c5CC)C(C)=C4C(=O)O)[C@@H](CCC(=O)O)[C@@H]3C. The predicted octanol–water partition coefficient (Wildman–Crippen LogP) is 6.52. The van der Waals surface area contributed by atoms with Crippen molar-refractivity contribution >= 4 is 57.2 Å². The number of aromatic amines is 2. The third-order valence-corrected chi connectivity index (χ3v) is 9.14. The van der Waals surface area contributed by atoms with E-state index in [-0.39, 0.29) is 46.6 Å². The number of nitrogens with zero attached hydrogens (tertiary/aromatic N) is 2. The minimum atomic E-state index is -2.07. The van der Waals surface area contributed by atoms with Crippen LogP contribution in [0, 0.1) is 13.8 Å². The Labute approximate surface area is 264 Å². The van der Waals surface area contributed by atoms with E-state index in [2.05, 4.69) is 26.4 Å². The van der Waals surface area contributed by atoms with E-state index < -0.39 is 35.8 Å². The molecule has 0 aromatic carbocycles. The molecule has 12 nitrogen and oxygen atoms in total. The van der Waals surface area contributed by atoms with Crippen molar-refractivity contribution in [1.82, 2.24) is 19.9 Å². The Bertz CT molecular complexity index is 2000. The highest BCUT2D eigenvalue weighted by atomic mass is 17.1. The van der Waals surface area contributed by atoms with Crippen LogP contribution in [0.25, 0.3) is 39.3 Å². The van der Waals surface area contributed by atoms with Crippen LogP contribution >= 0.6 is 0 Å². The van der Waals surface area contributed by atoms with E-state index >= 15 is 0 Å². The fourth-order valence-electron chi connectivity index (χ4n) is 6.63. The van der Waals surface area contributed by atoms with Crippen molar-refractivity contribution in [3.63, 3.8) is 0 Å². The molecular formula is C34H36N4O8. The van der Waals surface area contributed by atoms with Gasteiger partial charge in [0.15, 0.2) is 0 Å². The molecule has 0 fully saturated rings. The second kappa shape index (κ2) is 12.4. The normalized spacial score (nSPS) is 16.8. The fourth-order valence-corrected chi connectivity index (χ4v) is 6.63. The molecule has 3 atom stereocenters. The number of carbonyl (C=O) groups is 3. The van der Waals surface area contributed by atoms with Gasteiger partial charge in [0, 0.05) is 57.1 Å². The summed E-state index contributed by atoms with van der Waals surface area (Å²) < 4.78 is 0. The van der Waals surface area contributed by atoms with E-state index in [1.807, 2.05) is 39.8 Å². The molecule has 8 bridgehead atoms. The molecule has 3 aromatic rings. The average Bonchev–Trinajstić information content (AvgIpc) is 3.67. The van der Waals surface area contributed by atoms with Crippen LogP contribution < -0.4 is 0 Å². The maximum atomic E-state index is 12.8. The Morgan fingerprint density at radius 2 is 1.67 bits per heavy atom. The highest BCUT2D eigenvalue weighted by Crippen LogP contribution is 2.45. The molecule has 0 radical (unpaired) electrons. The molecule has 0 saturated carbocycles. The Balaban J connectivity index is 2.08. The zero-order valence-corrected chi connectivity index (χ0v) is 26.2. The minimum absolute atomic E-state index is 0.0553. The van der Waals surface area contributed by atoms with Gasteiger partial charge in [0.05, 0.1) is 22.7 Å². The molecule has 0 aliphatic carbocycles. The number of allylic oxidation sites excluding steroid dienone is 1. The molecule has 2 aliphatic heterocycles. The van der Waals surface area contributed by atoms with Gasteiger partial charge in [-0.15, -0.1) is 0 Å². The number of aryl methyl sites for hydroxylation is 3. The number of hydrogen-bond acceptors (Lipinski definition) is 7. The van der Waals surface area contributed by atoms with E-state index in [0.717, 1.165) is 33.3 Å². The van der Waals surface area contributed by atoms with Gasteiger partial charge in [0.25, 0.3) is 0 Å². The Hall–Kier alpha value is -5.07. The highest BCUT2D eigenvalue weighted by molar-refractivity contribution is 6.24. The molecule has 0 spiro atoms. The first-order chi connectivity index (χ1) is 21.8. The molecule has 0 amide bonds. The smallest absolute Gasteiger partial charge is 0.341 e. The first kappa shape index (κ1) is 32.3. The molecule has 6 N–H and O–H groups in total. The van der Waals surface area contributed by atoms with E-state index in [1.54, 1.807) is 19.1 Å². The van der Waals surface area contributed by atoms with Gasteiger partial charge in [-0.1, -0.05) is 26.5 Å². The van der Waals surface area contributed by atoms with E-state index in [9.17, 15) is 35.0 Å². The van der Waals surface area contributed by atoms with Gasteiger partial charge >= 0.3 is 17.9 Å². The van der Waals surface area contributed by atoms with Gasteiger partial charge in [-0.05, 0) is 74.1 Å². The third-order valence-electron chi connectivity index (χ3n) is 9.14. The highest BCUT2D eigenvalue weighted by Gasteiger charge is 2.40. The maximum absolute atomic E-state index is 12.8. The lowest BCUT2D eigenvalue weighted by atomic mass is 9.84. The first-order valence-electron chi connectivity index (χ1n) is 14.9. The van der Waals surface area contributed by atoms with Crippen molar-refractivity contribution in [2.24, 2.45) is 0 Å². The van der Waals surface area contributed by atoms with Crippen molar-refractivity contribution in [2.75, 3.05) is 0 Å². The molecule has 46 heavy (non-hydrogen) atoms. The number of rotatable bonds is 9. The molecule has 3 aromatic heterocycles. The van der Waals surface area contributed by atoms with Crippen LogP contribution in [0.3, 0.4) is 0 Å². The quantitative estimate of drug-likeness (QED) is 0.112. The molecule has 240 valence electrons. The standard InChI is InChI=1S/C34H36N4O8/c1-7-18-14(3)21-11-23-16(5)20(9-10-27(39)40)30(37-23)29(32(46-45)34(43)44)31-28(33(41)42)17(6)24(38-31)13-26-19(8-2)15(4)22(36-26)12-25(18)35-21/h7,11-13,16,20,32,35-36,45H,1,8-10H2,2-6H3,(H,39,40)(H,41,42)(H,43,44)/t16-,20-,32?/m0/s1. The van der Waals surface area contributed by atoms with Gasteiger partial charge in [0.2, 0.25) is 6.10 Å². The Kier molecular flexibility index (Phi) is 8.70. The molecule has 5 rings (SSSR count). The molecule has 12 heteroatoms. The lowest BCUT2D eigenvalue weighted by Crippen LogP contribution is -2.20. The van der Waals surface area contributed by atoms with Crippen molar-refractivity contribution in [1.29, 1.82) is 0 Å². The van der Waals surface area contributed by atoms with Crippen molar-refractivity contribution in [3.8, 4) is 0 Å². The van der Waals surface area contributed by atoms with E-state index in [1.165, 1.54) is 0 Å². The predicted molar refractivity (Wildman–Crippen MR) is 172 cm³/mol. The van der Waals surface area contributed by atoms with Crippen molar-refractivity contribution in [2.45, 2.75) is 71.8 Å². The zero-order chi connectivity index (χ0) is 33.6. The van der Waals surface area contributed by atoms with Crippen molar-refractivity contribution < 1.29 is 39.8 Å². The minimum Gasteiger partial charge on any atom is -0.481 e. The van der Waals surface area contributed by atoms with Gasteiger partial charge in [-0.25, -0.2) is 19.5 Å². The van der Waals surface area contributed by atoms with Crippen molar-refractivity contribution in [3.05, 3.63) is 75.4 Å². The Morgan fingerprint density at radius 1 is 1.00 bits per heavy atom. The maximum Gasteiger partial charge on any atom is 0.341 e. The lowest BCUT2D eigenvalue weighted by molar-refractivity contribution is -0.279. The largest absolute Gasteiger partial charge is 0.481 e. The summed E-state index contributed by atoms with van der Waals surface area (Å²) in [6, 6.07) is 5.53. The van der Waals surface area contributed by atoms with Crippen LogP contribution in [-0.4, -0.2) is 58.4 Å². The second-order valence-corrected chi connectivity index (χ2v) is 11.7. The Morgan fingerprint density at radius 3 is 2.26 bits per heavy atom. The molecule has 0 saturated heterocycles. The number of hydrogen-bond donors (Lipinski definition) is 6. The van der Waals surface area contributed by atoms with Gasteiger partial charge in [-0.2, -0.15) is 0 Å².